The maximum absolute atomic E-state index is 11.2. The lowest BCUT2D eigenvalue weighted by Gasteiger charge is -2.27. The van der Waals surface area contributed by atoms with Crippen molar-refractivity contribution in [3.8, 4) is 0 Å². The first-order chi connectivity index (χ1) is 11.4. The predicted molar refractivity (Wildman–Crippen MR) is 100.0 cm³/mol. The molecule has 1 aliphatic rings. The molecule has 0 fully saturated rings. The molecule has 0 unspecified atom stereocenters. The van der Waals surface area contributed by atoms with E-state index in [1.54, 1.807) is 0 Å². The molecule has 0 saturated heterocycles. The van der Waals surface area contributed by atoms with Gasteiger partial charge in [0.15, 0.2) is 0 Å². The Hall–Kier alpha value is -2.75. The molecule has 1 aliphatic heterocycles. The Morgan fingerprint density at radius 3 is 2.67 bits per heavy atom. The molecule has 2 N–H and O–H groups in total. The molecule has 1 aromatic carbocycles. The van der Waals surface area contributed by atoms with Gasteiger partial charge in [-0.05, 0) is 50.1 Å². The molecule has 0 aromatic heterocycles. The fourth-order valence-electron chi connectivity index (χ4n) is 2.63. The minimum atomic E-state index is -0.0543. The fraction of sp³-hybridized carbons (Fsp3) is 0.250. The zero-order chi connectivity index (χ0) is 17.7. The molecule has 0 aliphatic carbocycles. The third-order valence-electron chi connectivity index (χ3n) is 3.89. The largest absolute Gasteiger partial charge is 0.380 e. The van der Waals surface area contributed by atoms with Crippen molar-refractivity contribution in [1.29, 1.82) is 0 Å². The van der Waals surface area contributed by atoms with Gasteiger partial charge in [-0.25, -0.2) is 0 Å². The van der Waals surface area contributed by atoms with E-state index in [0.29, 0.717) is 6.54 Å². The highest BCUT2D eigenvalue weighted by atomic mass is 16.1. The van der Waals surface area contributed by atoms with Gasteiger partial charge in [-0.3, -0.25) is 4.79 Å². The van der Waals surface area contributed by atoms with Crippen LogP contribution in [0.3, 0.4) is 0 Å². The molecule has 1 heterocycles. The number of allylic oxidation sites excluding steroid dienone is 4. The molecule has 0 atom stereocenters. The summed E-state index contributed by atoms with van der Waals surface area (Å²) >= 11 is 0. The van der Waals surface area contributed by atoms with E-state index >= 15 is 0 Å². The van der Waals surface area contributed by atoms with Gasteiger partial charge < -0.3 is 15.5 Å². The van der Waals surface area contributed by atoms with Crippen molar-refractivity contribution >= 4 is 11.6 Å². The van der Waals surface area contributed by atoms with Gasteiger partial charge in [0, 0.05) is 36.7 Å². The summed E-state index contributed by atoms with van der Waals surface area (Å²) < 4.78 is 0. The minimum Gasteiger partial charge on any atom is -0.380 e. The third-order valence-corrected chi connectivity index (χ3v) is 3.89. The van der Waals surface area contributed by atoms with Gasteiger partial charge in [0.1, 0.15) is 0 Å². The second kappa shape index (κ2) is 7.68. The molecule has 4 nitrogen and oxygen atoms in total. The predicted octanol–water partition coefficient (Wildman–Crippen LogP) is 4.19. The Bertz CT molecular complexity index is 741. The molecule has 24 heavy (non-hydrogen) atoms. The summed E-state index contributed by atoms with van der Waals surface area (Å²) in [5, 5.41) is 6.31. The second-order valence-electron chi connectivity index (χ2n) is 5.86. The summed E-state index contributed by atoms with van der Waals surface area (Å²) in [7, 11) is 0. The number of carbonyl (C=O) groups excluding carboxylic acids is 1. The van der Waals surface area contributed by atoms with Crippen LogP contribution in [0, 0.1) is 6.92 Å². The SMILES string of the molecule is C=C1C=CC(NCc2ccc(NC(C)=O)c(C)c2)=C(C)N1/C=C\C. The van der Waals surface area contributed by atoms with Crippen LogP contribution < -0.4 is 10.6 Å². The van der Waals surface area contributed by atoms with Gasteiger partial charge in [0.2, 0.25) is 5.91 Å². The summed E-state index contributed by atoms with van der Waals surface area (Å²) in [6.07, 6.45) is 8.06. The maximum atomic E-state index is 11.2. The zero-order valence-electron chi connectivity index (χ0n) is 14.8. The van der Waals surface area contributed by atoms with Crippen LogP contribution in [-0.2, 0) is 11.3 Å². The highest BCUT2D eigenvalue weighted by molar-refractivity contribution is 5.89. The van der Waals surface area contributed by atoms with Crippen molar-refractivity contribution in [2.75, 3.05) is 5.32 Å². The molecule has 126 valence electrons. The number of rotatable bonds is 5. The summed E-state index contributed by atoms with van der Waals surface area (Å²) in [5.74, 6) is -0.0543. The van der Waals surface area contributed by atoms with E-state index in [-0.39, 0.29) is 5.91 Å². The van der Waals surface area contributed by atoms with E-state index in [1.165, 1.54) is 6.92 Å². The lowest BCUT2D eigenvalue weighted by Crippen LogP contribution is -2.23. The van der Waals surface area contributed by atoms with Crippen LogP contribution in [0.15, 0.2) is 66.3 Å². The first-order valence-electron chi connectivity index (χ1n) is 8.03. The molecule has 0 radical (unpaired) electrons. The maximum Gasteiger partial charge on any atom is 0.221 e. The number of hydrogen-bond donors (Lipinski definition) is 2. The molecule has 2 rings (SSSR count). The van der Waals surface area contributed by atoms with Gasteiger partial charge >= 0.3 is 0 Å². The second-order valence-corrected chi connectivity index (χ2v) is 5.86. The topological polar surface area (TPSA) is 44.4 Å². The number of benzene rings is 1. The van der Waals surface area contributed by atoms with Gasteiger partial charge in [-0.2, -0.15) is 0 Å². The van der Waals surface area contributed by atoms with Crippen LogP contribution in [0.5, 0.6) is 0 Å². The first-order valence-corrected chi connectivity index (χ1v) is 8.03. The zero-order valence-corrected chi connectivity index (χ0v) is 14.8. The lowest BCUT2D eigenvalue weighted by atomic mass is 10.1. The Morgan fingerprint density at radius 2 is 2.04 bits per heavy atom. The number of aryl methyl sites for hydroxylation is 1. The monoisotopic (exact) mass is 323 g/mol. The van der Waals surface area contributed by atoms with Crippen molar-refractivity contribution in [1.82, 2.24) is 10.2 Å². The number of amides is 1. The Balaban J connectivity index is 2.10. The lowest BCUT2D eigenvalue weighted by molar-refractivity contribution is -0.114. The molecule has 4 heteroatoms. The smallest absolute Gasteiger partial charge is 0.221 e. The van der Waals surface area contributed by atoms with Gasteiger partial charge in [-0.1, -0.05) is 24.8 Å². The van der Waals surface area contributed by atoms with Crippen LogP contribution in [0.2, 0.25) is 0 Å². The quantitative estimate of drug-likeness (QED) is 0.854. The van der Waals surface area contributed by atoms with Crippen molar-refractivity contribution in [3.63, 3.8) is 0 Å². The van der Waals surface area contributed by atoms with Crippen LogP contribution in [0.4, 0.5) is 5.69 Å². The van der Waals surface area contributed by atoms with Gasteiger partial charge in [0.25, 0.3) is 0 Å². The average molecular weight is 323 g/mol. The average Bonchev–Trinajstić information content (AvgIpc) is 2.53. The number of nitrogens with zero attached hydrogens (tertiary/aromatic N) is 1. The van der Waals surface area contributed by atoms with Crippen molar-refractivity contribution in [2.45, 2.75) is 34.2 Å². The first kappa shape index (κ1) is 17.6. The summed E-state index contributed by atoms with van der Waals surface area (Å²) in [6.45, 7) is 12.3. The number of hydrogen-bond acceptors (Lipinski definition) is 3. The molecule has 1 amide bonds. The third kappa shape index (κ3) is 4.16. The van der Waals surface area contributed by atoms with Gasteiger partial charge in [0.05, 0.1) is 5.70 Å². The normalized spacial score (nSPS) is 14.5. The van der Waals surface area contributed by atoms with E-state index in [9.17, 15) is 4.79 Å². The molecule has 0 saturated carbocycles. The van der Waals surface area contributed by atoms with E-state index in [2.05, 4.69) is 41.2 Å². The van der Waals surface area contributed by atoms with E-state index in [0.717, 1.165) is 33.9 Å². The highest BCUT2D eigenvalue weighted by Crippen LogP contribution is 2.23. The highest BCUT2D eigenvalue weighted by Gasteiger charge is 2.13. The standard InChI is InChI=1S/C20H25N3O/c1-6-11-23-15(3)7-9-20(16(23)4)21-13-18-8-10-19(14(2)12-18)22-17(5)24/h6-12,21H,3,13H2,1-2,4-5H3,(H,22,24)/b11-6-. The van der Waals surface area contributed by atoms with E-state index < -0.39 is 0 Å². The van der Waals surface area contributed by atoms with Crippen molar-refractivity contribution in [3.05, 3.63) is 77.4 Å². The number of nitrogens with one attached hydrogen (secondary N) is 2. The molecular weight excluding hydrogens is 298 g/mol. The summed E-state index contributed by atoms with van der Waals surface area (Å²) in [4.78, 5) is 13.2. The number of anilines is 1. The van der Waals surface area contributed by atoms with Crippen LogP contribution in [0.1, 0.15) is 31.9 Å². The molecule has 0 spiro atoms. The fourth-order valence-corrected chi connectivity index (χ4v) is 2.63. The summed E-state index contributed by atoms with van der Waals surface area (Å²) in [5.41, 5.74) is 6.22. The van der Waals surface area contributed by atoms with E-state index in [4.69, 9.17) is 0 Å². The van der Waals surface area contributed by atoms with E-state index in [1.807, 2.05) is 44.3 Å². The van der Waals surface area contributed by atoms with Crippen LogP contribution in [0.25, 0.3) is 0 Å². The Kier molecular flexibility index (Phi) is 5.64. The molecule has 0 bridgehead atoms. The minimum absolute atomic E-state index is 0.0543. The van der Waals surface area contributed by atoms with Crippen molar-refractivity contribution in [2.24, 2.45) is 0 Å². The van der Waals surface area contributed by atoms with Crippen LogP contribution >= 0.6 is 0 Å². The molecular formula is C20H25N3O. The number of carbonyl (C=O) groups is 1. The van der Waals surface area contributed by atoms with Crippen molar-refractivity contribution < 1.29 is 4.79 Å². The van der Waals surface area contributed by atoms with Crippen LogP contribution in [-0.4, -0.2) is 10.8 Å². The Morgan fingerprint density at radius 1 is 1.29 bits per heavy atom. The Labute approximate surface area is 144 Å². The van der Waals surface area contributed by atoms with Gasteiger partial charge in [-0.15, -0.1) is 0 Å². The molecule has 1 aromatic rings. The summed E-state index contributed by atoms with van der Waals surface area (Å²) in [6, 6.07) is 6.05.